The van der Waals surface area contributed by atoms with Crippen molar-refractivity contribution in [3.05, 3.63) is 89.3 Å². The highest BCUT2D eigenvalue weighted by atomic mass is 16.5. The fourth-order valence-corrected chi connectivity index (χ4v) is 4.00. The number of rotatable bonds is 7. The van der Waals surface area contributed by atoms with Crippen molar-refractivity contribution < 1.29 is 28.9 Å². The fraction of sp³-hybridized carbons (Fsp3) is 0.192. The Labute approximate surface area is 197 Å². The molecule has 0 radical (unpaired) electrons. The van der Waals surface area contributed by atoms with E-state index in [2.05, 4.69) is 4.98 Å². The van der Waals surface area contributed by atoms with Gasteiger partial charge in [-0.1, -0.05) is 12.1 Å². The van der Waals surface area contributed by atoms with Crippen molar-refractivity contribution in [2.45, 2.75) is 12.6 Å². The number of amides is 1. The minimum atomic E-state index is -0.814. The maximum absolute atomic E-state index is 13.2. The zero-order valence-corrected chi connectivity index (χ0v) is 19.0. The number of hydrogen-bond acceptors (Lipinski definition) is 7. The lowest BCUT2D eigenvalue weighted by Gasteiger charge is -2.25. The summed E-state index contributed by atoms with van der Waals surface area (Å²) in [7, 11) is 4.53. The standard InChI is InChI=1S/C26H24N2O6/c1-32-18-6-4-17(5-7-18)23-22(24(29)20-9-8-19(33-2)14-21(20)34-3)25(30)26(31)28(23)15-16-10-12-27-13-11-16/h4-14,23,29H,15H2,1-3H3/b24-22-. The Balaban J connectivity index is 1.88. The van der Waals surface area contributed by atoms with Gasteiger partial charge in [-0.15, -0.1) is 0 Å². The van der Waals surface area contributed by atoms with E-state index >= 15 is 0 Å². The first kappa shape index (κ1) is 22.8. The van der Waals surface area contributed by atoms with Gasteiger partial charge in [0.2, 0.25) is 0 Å². The lowest BCUT2D eigenvalue weighted by Crippen LogP contribution is -2.29. The predicted molar refractivity (Wildman–Crippen MR) is 125 cm³/mol. The van der Waals surface area contributed by atoms with Gasteiger partial charge in [-0.25, -0.2) is 0 Å². The molecule has 174 valence electrons. The lowest BCUT2D eigenvalue weighted by atomic mass is 9.94. The summed E-state index contributed by atoms with van der Waals surface area (Å²) in [5.74, 6) is -0.330. The Bertz CT molecular complexity index is 1240. The third-order valence-electron chi connectivity index (χ3n) is 5.74. The number of pyridine rings is 1. The number of hydrogen-bond donors (Lipinski definition) is 1. The number of carbonyl (C=O) groups is 2. The van der Waals surface area contributed by atoms with Crippen LogP contribution in [0.3, 0.4) is 0 Å². The minimum absolute atomic E-state index is 0.0207. The van der Waals surface area contributed by atoms with Crippen LogP contribution in [0.15, 0.2) is 72.6 Å². The molecule has 0 saturated carbocycles. The molecule has 34 heavy (non-hydrogen) atoms. The van der Waals surface area contributed by atoms with E-state index in [1.807, 2.05) is 0 Å². The summed E-state index contributed by atoms with van der Waals surface area (Å²) >= 11 is 0. The van der Waals surface area contributed by atoms with E-state index in [0.717, 1.165) is 5.56 Å². The number of ether oxygens (including phenoxy) is 3. The number of nitrogens with zero attached hydrogens (tertiary/aromatic N) is 2. The first-order valence-electron chi connectivity index (χ1n) is 10.5. The molecule has 3 aromatic rings. The van der Waals surface area contributed by atoms with Crippen LogP contribution in [0.25, 0.3) is 5.76 Å². The molecule has 8 nitrogen and oxygen atoms in total. The summed E-state index contributed by atoms with van der Waals surface area (Å²) < 4.78 is 15.9. The molecule has 1 atom stereocenters. The number of carbonyl (C=O) groups excluding carboxylic acids is 2. The third-order valence-corrected chi connectivity index (χ3v) is 5.74. The lowest BCUT2D eigenvalue weighted by molar-refractivity contribution is -0.140. The molecule has 1 aliphatic heterocycles. The molecule has 1 N–H and O–H groups in total. The summed E-state index contributed by atoms with van der Waals surface area (Å²) in [5, 5.41) is 11.3. The van der Waals surface area contributed by atoms with Crippen LogP contribution in [0.2, 0.25) is 0 Å². The second-order valence-corrected chi connectivity index (χ2v) is 7.62. The van der Waals surface area contributed by atoms with Gasteiger partial charge in [0.25, 0.3) is 11.7 Å². The van der Waals surface area contributed by atoms with Gasteiger partial charge in [-0.05, 0) is 47.5 Å². The molecule has 0 aliphatic carbocycles. The topological polar surface area (TPSA) is 98.2 Å². The molecule has 0 bridgehead atoms. The van der Waals surface area contributed by atoms with E-state index in [-0.39, 0.29) is 23.4 Å². The van der Waals surface area contributed by atoms with Crippen LogP contribution < -0.4 is 14.2 Å². The van der Waals surface area contributed by atoms with Gasteiger partial charge in [-0.3, -0.25) is 14.6 Å². The number of Topliss-reactive ketones (excluding diaryl/α,β-unsaturated/α-hetero) is 1. The highest BCUT2D eigenvalue weighted by Gasteiger charge is 2.46. The van der Waals surface area contributed by atoms with Gasteiger partial charge in [0.05, 0.1) is 38.5 Å². The third kappa shape index (κ3) is 4.17. The molecule has 8 heteroatoms. The highest BCUT2D eigenvalue weighted by molar-refractivity contribution is 6.46. The largest absolute Gasteiger partial charge is 0.507 e. The second kappa shape index (κ2) is 9.66. The molecule has 0 spiro atoms. The van der Waals surface area contributed by atoms with E-state index in [4.69, 9.17) is 14.2 Å². The molecule has 1 fully saturated rings. The Hall–Kier alpha value is -4.33. The van der Waals surface area contributed by atoms with Crippen LogP contribution in [0.4, 0.5) is 0 Å². The first-order chi connectivity index (χ1) is 16.5. The van der Waals surface area contributed by atoms with E-state index < -0.39 is 17.7 Å². The van der Waals surface area contributed by atoms with Crippen molar-refractivity contribution in [2.24, 2.45) is 0 Å². The molecule has 2 heterocycles. The first-order valence-corrected chi connectivity index (χ1v) is 10.5. The van der Waals surface area contributed by atoms with E-state index in [1.54, 1.807) is 74.1 Å². The van der Waals surface area contributed by atoms with Crippen LogP contribution in [0, 0.1) is 0 Å². The average Bonchev–Trinajstić information content (AvgIpc) is 3.13. The Kier molecular flexibility index (Phi) is 6.49. The zero-order valence-electron chi connectivity index (χ0n) is 19.0. The van der Waals surface area contributed by atoms with Gasteiger partial charge in [0.15, 0.2) is 0 Å². The molecular formula is C26H24N2O6. The van der Waals surface area contributed by atoms with Crippen LogP contribution >= 0.6 is 0 Å². The molecule has 1 amide bonds. The van der Waals surface area contributed by atoms with Crippen LogP contribution in [-0.4, -0.2) is 48.0 Å². The number of aliphatic hydroxyl groups excluding tert-OH is 1. The summed E-state index contributed by atoms with van der Waals surface area (Å²) in [5.41, 5.74) is 1.72. The highest BCUT2D eigenvalue weighted by Crippen LogP contribution is 2.42. The number of likely N-dealkylation sites (tertiary alicyclic amines) is 1. The predicted octanol–water partition coefficient (Wildman–Crippen LogP) is 3.73. The summed E-state index contributed by atoms with van der Waals surface area (Å²) in [4.78, 5) is 31.8. The van der Waals surface area contributed by atoms with Crippen LogP contribution in [0.5, 0.6) is 17.2 Å². The number of methoxy groups -OCH3 is 3. The maximum Gasteiger partial charge on any atom is 0.295 e. The summed E-state index contributed by atoms with van der Waals surface area (Å²) in [6, 6.07) is 14.6. The number of ketones is 1. The molecule has 1 aromatic heterocycles. The summed E-state index contributed by atoms with van der Waals surface area (Å²) in [6.07, 6.45) is 3.24. The number of aromatic nitrogens is 1. The van der Waals surface area contributed by atoms with E-state index in [1.165, 1.54) is 19.1 Å². The van der Waals surface area contributed by atoms with Gasteiger partial charge in [-0.2, -0.15) is 0 Å². The maximum atomic E-state index is 13.2. The molecule has 4 rings (SSSR count). The van der Waals surface area contributed by atoms with Crippen LogP contribution in [0.1, 0.15) is 22.7 Å². The fourth-order valence-electron chi connectivity index (χ4n) is 4.00. The van der Waals surface area contributed by atoms with Crippen molar-refractivity contribution in [1.82, 2.24) is 9.88 Å². The van der Waals surface area contributed by atoms with Gasteiger partial charge in [0.1, 0.15) is 23.0 Å². The van der Waals surface area contributed by atoms with Gasteiger partial charge in [0, 0.05) is 25.0 Å². The smallest absolute Gasteiger partial charge is 0.295 e. The van der Waals surface area contributed by atoms with Gasteiger partial charge < -0.3 is 24.2 Å². The van der Waals surface area contributed by atoms with E-state index in [0.29, 0.717) is 22.8 Å². The molecule has 1 unspecified atom stereocenters. The average molecular weight is 460 g/mol. The Morgan fingerprint density at radius 1 is 0.912 bits per heavy atom. The van der Waals surface area contributed by atoms with Crippen molar-refractivity contribution >= 4 is 17.4 Å². The minimum Gasteiger partial charge on any atom is -0.507 e. The number of aliphatic hydroxyl groups is 1. The monoisotopic (exact) mass is 460 g/mol. The molecular weight excluding hydrogens is 436 g/mol. The second-order valence-electron chi connectivity index (χ2n) is 7.62. The molecule has 2 aromatic carbocycles. The van der Waals surface area contributed by atoms with Crippen molar-refractivity contribution in [1.29, 1.82) is 0 Å². The normalized spacial score (nSPS) is 17.0. The number of benzene rings is 2. The van der Waals surface area contributed by atoms with Gasteiger partial charge >= 0.3 is 0 Å². The van der Waals surface area contributed by atoms with Crippen LogP contribution in [-0.2, 0) is 16.1 Å². The van der Waals surface area contributed by atoms with Crippen molar-refractivity contribution in [3.63, 3.8) is 0 Å². The molecule has 1 aliphatic rings. The summed E-state index contributed by atoms with van der Waals surface area (Å²) in [6.45, 7) is 0.167. The Morgan fingerprint density at radius 2 is 1.56 bits per heavy atom. The van der Waals surface area contributed by atoms with E-state index in [9.17, 15) is 14.7 Å². The quantitative estimate of drug-likeness (QED) is 0.326. The molecule has 1 saturated heterocycles. The SMILES string of the molecule is COc1ccc(C2/C(=C(/O)c3ccc(OC)cc3OC)C(=O)C(=O)N2Cc2ccncc2)cc1. The zero-order chi connectivity index (χ0) is 24.2. The van der Waals surface area contributed by atoms with Crippen molar-refractivity contribution in [3.8, 4) is 17.2 Å². The Morgan fingerprint density at radius 3 is 2.18 bits per heavy atom. The van der Waals surface area contributed by atoms with Crippen molar-refractivity contribution in [2.75, 3.05) is 21.3 Å².